The summed E-state index contributed by atoms with van der Waals surface area (Å²) in [6, 6.07) is 26.9. The van der Waals surface area contributed by atoms with Crippen molar-refractivity contribution in [3.8, 4) is 5.69 Å². The lowest BCUT2D eigenvalue weighted by Gasteiger charge is -2.05. The highest BCUT2D eigenvalue weighted by molar-refractivity contribution is 9.10. The van der Waals surface area contributed by atoms with Gasteiger partial charge in [-0.1, -0.05) is 64.5 Å². The number of furan rings is 1. The molecule has 0 spiro atoms. The smallest absolute Gasteiger partial charge is 0.246 e. The standard InChI is InChI=1S/C25H15BrN2O3/c26-18-11-12-22-17(13-18)14-23(31-22)25(30)21-15-20(24(29)16-7-3-1-4-8-16)27-28(21)19-9-5-2-6-10-19/h1-15H. The first-order chi connectivity index (χ1) is 15.1. The van der Waals surface area contributed by atoms with E-state index in [-0.39, 0.29) is 28.7 Å². The fourth-order valence-corrected chi connectivity index (χ4v) is 3.79. The fourth-order valence-electron chi connectivity index (χ4n) is 3.41. The lowest BCUT2D eigenvalue weighted by molar-refractivity contribution is 0.100. The molecule has 0 fully saturated rings. The van der Waals surface area contributed by atoms with Gasteiger partial charge in [0.2, 0.25) is 11.6 Å². The molecule has 0 saturated carbocycles. The number of fused-ring (bicyclic) bond motifs is 1. The Kier molecular flexibility index (Phi) is 4.84. The molecule has 150 valence electrons. The maximum Gasteiger partial charge on any atom is 0.246 e. The molecule has 31 heavy (non-hydrogen) atoms. The number of nitrogens with zero attached hydrogens (tertiary/aromatic N) is 2. The van der Waals surface area contributed by atoms with E-state index in [1.807, 2.05) is 48.5 Å². The summed E-state index contributed by atoms with van der Waals surface area (Å²) in [6.07, 6.45) is 0. The zero-order chi connectivity index (χ0) is 21.4. The minimum atomic E-state index is -0.351. The summed E-state index contributed by atoms with van der Waals surface area (Å²) in [7, 11) is 0. The number of ketones is 2. The zero-order valence-electron chi connectivity index (χ0n) is 16.2. The Hall–Kier alpha value is -3.77. The number of halogens is 1. The van der Waals surface area contributed by atoms with Crippen LogP contribution in [0.25, 0.3) is 16.7 Å². The molecule has 5 nitrogen and oxygen atoms in total. The maximum atomic E-state index is 13.4. The van der Waals surface area contributed by atoms with E-state index in [2.05, 4.69) is 21.0 Å². The predicted molar refractivity (Wildman–Crippen MR) is 121 cm³/mol. The van der Waals surface area contributed by atoms with E-state index in [9.17, 15) is 9.59 Å². The van der Waals surface area contributed by atoms with Crippen LogP contribution >= 0.6 is 15.9 Å². The van der Waals surface area contributed by atoms with Crippen molar-refractivity contribution < 1.29 is 14.0 Å². The van der Waals surface area contributed by atoms with Crippen LogP contribution < -0.4 is 0 Å². The molecular weight excluding hydrogens is 456 g/mol. The number of para-hydroxylation sites is 1. The third-order valence-electron chi connectivity index (χ3n) is 4.91. The van der Waals surface area contributed by atoms with Crippen LogP contribution in [0.5, 0.6) is 0 Å². The molecule has 0 amide bonds. The van der Waals surface area contributed by atoms with Gasteiger partial charge in [0, 0.05) is 15.4 Å². The van der Waals surface area contributed by atoms with Crippen molar-refractivity contribution in [2.75, 3.05) is 0 Å². The number of carbonyl (C=O) groups excluding carboxylic acids is 2. The summed E-state index contributed by atoms with van der Waals surface area (Å²) in [6.45, 7) is 0. The quantitative estimate of drug-likeness (QED) is 0.302. The summed E-state index contributed by atoms with van der Waals surface area (Å²) in [5.74, 6) is -0.419. The zero-order valence-corrected chi connectivity index (χ0v) is 17.7. The highest BCUT2D eigenvalue weighted by atomic mass is 79.9. The van der Waals surface area contributed by atoms with Crippen LogP contribution in [0.15, 0.2) is 99.9 Å². The molecule has 5 aromatic rings. The van der Waals surface area contributed by atoms with E-state index in [0.717, 1.165) is 9.86 Å². The summed E-state index contributed by atoms with van der Waals surface area (Å²) in [5, 5.41) is 5.28. The van der Waals surface area contributed by atoms with Crippen molar-refractivity contribution in [1.82, 2.24) is 9.78 Å². The van der Waals surface area contributed by atoms with E-state index in [4.69, 9.17) is 4.42 Å². The molecule has 0 aliphatic carbocycles. The molecule has 0 N–H and O–H groups in total. The van der Waals surface area contributed by atoms with Gasteiger partial charge in [-0.15, -0.1) is 0 Å². The van der Waals surface area contributed by atoms with E-state index in [0.29, 0.717) is 16.8 Å². The minimum Gasteiger partial charge on any atom is -0.453 e. The van der Waals surface area contributed by atoms with Gasteiger partial charge in [0.05, 0.1) is 5.69 Å². The van der Waals surface area contributed by atoms with Gasteiger partial charge < -0.3 is 4.42 Å². The summed E-state index contributed by atoms with van der Waals surface area (Å²) >= 11 is 3.43. The van der Waals surface area contributed by atoms with Crippen LogP contribution in [0.1, 0.15) is 32.3 Å². The Morgan fingerprint density at radius 1 is 0.806 bits per heavy atom. The van der Waals surface area contributed by atoms with E-state index >= 15 is 0 Å². The third kappa shape index (κ3) is 3.62. The highest BCUT2D eigenvalue weighted by Crippen LogP contribution is 2.26. The second kappa shape index (κ2) is 7.81. The lowest BCUT2D eigenvalue weighted by Crippen LogP contribution is -2.09. The number of aromatic nitrogens is 2. The van der Waals surface area contributed by atoms with Gasteiger partial charge in [-0.05, 0) is 42.5 Å². The van der Waals surface area contributed by atoms with Crippen molar-refractivity contribution >= 4 is 38.5 Å². The van der Waals surface area contributed by atoms with Crippen molar-refractivity contribution in [3.63, 3.8) is 0 Å². The fraction of sp³-hybridized carbons (Fsp3) is 0. The minimum absolute atomic E-state index is 0.184. The Morgan fingerprint density at radius 2 is 1.52 bits per heavy atom. The van der Waals surface area contributed by atoms with Gasteiger partial charge in [0.25, 0.3) is 0 Å². The van der Waals surface area contributed by atoms with Gasteiger partial charge in [0.15, 0.2) is 5.76 Å². The van der Waals surface area contributed by atoms with Gasteiger partial charge in [-0.25, -0.2) is 4.68 Å². The number of hydrogen-bond donors (Lipinski definition) is 0. The lowest BCUT2D eigenvalue weighted by atomic mass is 10.1. The topological polar surface area (TPSA) is 65.1 Å². The molecule has 0 saturated heterocycles. The molecule has 0 aliphatic rings. The van der Waals surface area contributed by atoms with E-state index < -0.39 is 0 Å². The van der Waals surface area contributed by atoms with Crippen molar-refractivity contribution in [3.05, 3.63) is 118 Å². The van der Waals surface area contributed by atoms with E-state index in [1.165, 1.54) is 10.7 Å². The molecule has 3 aromatic carbocycles. The van der Waals surface area contributed by atoms with Gasteiger partial charge >= 0.3 is 0 Å². The molecule has 5 rings (SSSR count). The van der Waals surface area contributed by atoms with Crippen LogP contribution in [0.3, 0.4) is 0 Å². The van der Waals surface area contributed by atoms with Crippen molar-refractivity contribution in [2.24, 2.45) is 0 Å². The normalized spacial score (nSPS) is 11.0. The summed E-state index contributed by atoms with van der Waals surface area (Å²) in [5.41, 5.74) is 2.24. The second-order valence-electron chi connectivity index (χ2n) is 6.98. The van der Waals surface area contributed by atoms with Crippen molar-refractivity contribution in [2.45, 2.75) is 0 Å². The number of carbonyl (C=O) groups is 2. The van der Waals surface area contributed by atoms with E-state index in [1.54, 1.807) is 36.4 Å². The SMILES string of the molecule is O=C(c1ccccc1)c1cc(C(=O)c2cc3cc(Br)ccc3o2)n(-c2ccccc2)n1. The molecule has 0 atom stereocenters. The number of hydrogen-bond acceptors (Lipinski definition) is 4. The van der Waals surface area contributed by atoms with Crippen LogP contribution in [0.4, 0.5) is 0 Å². The molecule has 2 heterocycles. The average Bonchev–Trinajstić information content (AvgIpc) is 3.44. The van der Waals surface area contributed by atoms with Crippen molar-refractivity contribution in [1.29, 1.82) is 0 Å². The Balaban J connectivity index is 1.63. The first kappa shape index (κ1) is 19.2. The number of rotatable bonds is 5. The predicted octanol–water partition coefficient (Wildman–Crippen LogP) is 5.84. The highest BCUT2D eigenvalue weighted by Gasteiger charge is 2.24. The Bertz CT molecular complexity index is 1420. The summed E-state index contributed by atoms with van der Waals surface area (Å²) < 4.78 is 8.17. The summed E-state index contributed by atoms with van der Waals surface area (Å²) in [4.78, 5) is 26.4. The van der Waals surface area contributed by atoms with Gasteiger partial charge in [-0.3, -0.25) is 9.59 Å². The molecule has 0 radical (unpaired) electrons. The number of benzene rings is 3. The van der Waals surface area contributed by atoms with Gasteiger partial charge in [-0.2, -0.15) is 5.10 Å². The first-order valence-corrected chi connectivity index (χ1v) is 10.4. The molecule has 0 bridgehead atoms. The van der Waals surface area contributed by atoms with Crippen LogP contribution in [-0.2, 0) is 0 Å². The maximum absolute atomic E-state index is 13.4. The van der Waals surface area contributed by atoms with Crippen LogP contribution in [0, 0.1) is 0 Å². The third-order valence-corrected chi connectivity index (χ3v) is 5.41. The molecule has 2 aromatic heterocycles. The Morgan fingerprint density at radius 3 is 2.26 bits per heavy atom. The molecule has 0 aliphatic heterocycles. The Labute approximate surface area is 186 Å². The first-order valence-electron chi connectivity index (χ1n) is 9.59. The molecular formula is C25H15BrN2O3. The molecule has 0 unspecified atom stereocenters. The van der Waals surface area contributed by atoms with Crippen LogP contribution in [-0.4, -0.2) is 21.3 Å². The second-order valence-corrected chi connectivity index (χ2v) is 7.89. The average molecular weight is 471 g/mol. The molecule has 6 heteroatoms. The van der Waals surface area contributed by atoms with Crippen LogP contribution in [0.2, 0.25) is 0 Å². The largest absolute Gasteiger partial charge is 0.453 e. The van der Waals surface area contributed by atoms with Gasteiger partial charge in [0.1, 0.15) is 17.0 Å². The monoisotopic (exact) mass is 470 g/mol.